The summed E-state index contributed by atoms with van der Waals surface area (Å²) in [5.41, 5.74) is 3.59. The number of ether oxygens (including phenoxy) is 2. The summed E-state index contributed by atoms with van der Waals surface area (Å²) in [6.45, 7) is 2.98. The van der Waals surface area contributed by atoms with Gasteiger partial charge in [-0.05, 0) is 47.4 Å². The van der Waals surface area contributed by atoms with Crippen molar-refractivity contribution >= 4 is 39.6 Å². The Bertz CT molecular complexity index is 1880. The molecule has 1 aliphatic rings. The molecule has 1 saturated heterocycles. The Hall–Kier alpha value is -4.81. The number of likely N-dealkylation sites (tertiary alicyclic amines) is 1. The Kier molecular flexibility index (Phi) is 8.02. The van der Waals surface area contributed by atoms with Crippen molar-refractivity contribution in [3.8, 4) is 5.75 Å². The Morgan fingerprint density at radius 3 is 2.60 bits per heavy atom. The highest BCUT2D eigenvalue weighted by molar-refractivity contribution is 5.87. The molecule has 0 saturated carbocycles. The second-order valence-corrected chi connectivity index (χ2v) is 11.4. The van der Waals surface area contributed by atoms with Gasteiger partial charge in [0.25, 0.3) is 0 Å². The molecule has 2 aromatic carbocycles. The Labute approximate surface area is 256 Å². The van der Waals surface area contributed by atoms with Gasteiger partial charge >= 0.3 is 18.2 Å². The van der Waals surface area contributed by atoms with Crippen molar-refractivity contribution in [2.24, 2.45) is 5.92 Å². The molecule has 3 aromatic heterocycles. The molecule has 0 aliphatic carbocycles. The number of halogens is 3. The van der Waals surface area contributed by atoms with Gasteiger partial charge in [0.15, 0.2) is 18.0 Å². The fourth-order valence-corrected chi connectivity index (χ4v) is 6.09. The van der Waals surface area contributed by atoms with Crippen LogP contribution < -0.4 is 10.1 Å². The molecule has 0 radical (unpaired) electrons. The molecule has 10 nitrogen and oxygen atoms in total. The summed E-state index contributed by atoms with van der Waals surface area (Å²) >= 11 is 0. The van der Waals surface area contributed by atoms with E-state index in [-0.39, 0.29) is 31.1 Å². The molecule has 236 valence electrons. The first-order valence-corrected chi connectivity index (χ1v) is 14.7. The molecular weight excluding hydrogens is 589 g/mol. The first kappa shape index (κ1) is 30.2. The number of carbonyl (C=O) groups is 2. The number of imidazole rings is 1. The van der Waals surface area contributed by atoms with Gasteiger partial charge in [0.1, 0.15) is 12.3 Å². The Morgan fingerprint density at radius 2 is 1.84 bits per heavy atom. The molecule has 3 atom stereocenters. The van der Waals surface area contributed by atoms with Gasteiger partial charge in [0.05, 0.1) is 24.7 Å². The van der Waals surface area contributed by atoms with Crippen LogP contribution in [0.3, 0.4) is 0 Å². The third kappa shape index (κ3) is 5.98. The summed E-state index contributed by atoms with van der Waals surface area (Å²) in [4.78, 5) is 36.1. The number of aromatic nitrogens is 4. The average molecular weight is 623 g/mol. The summed E-state index contributed by atoms with van der Waals surface area (Å²) in [7, 11) is 1.62. The van der Waals surface area contributed by atoms with E-state index in [9.17, 15) is 22.8 Å². The van der Waals surface area contributed by atoms with Crippen molar-refractivity contribution in [1.82, 2.24) is 29.2 Å². The predicted octanol–water partition coefficient (Wildman–Crippen LogP) is 5.85. The van der Waals surface area contributed by atoms with E-state index in [1.807, 2.05) is 59.1 Å². The molecular formula is C32H33F3N6O4. The highest BCUT2D eigenvalue weighted by Crippen LogP contribution is 2.36. The number of methoxy groups -OCH3 is 1. The summed E-state index contributed by atoms with van der Waals surface area (Å²) < 4.78 is 52.7. The number of nitrogens with one attached hydrogen (secondary N) is 1. The van der Waals surface area contributed by atoms with Crippen LogP contribution in [0.4, 0.5) is 18.0 Å². The van der Waals surface area contributed by atoms with Crippen LogP contribution >= 0.6 is 0 Å². The minimum atomic E-state index is -4.48. The van der Waals surface area contributed by atoms with Gasteiger partial charge in [-0.25, -0.2) is 14.8 Å². The van der Waals surface area contributed by atoms with Gasteiger partial charge in [-0.3, -0.25) is 13.8 Å². The second kappa shape index (κ2) is 11.9. The van der Waals surface area contributed by atoms with E-state index >= 15 is 0 Å². The maximum absolute atomic E-state index is 13.1. The van der Waals surface area contributed by atoms with Crippen LogP contribution in [-0.4, -0.2) is 68.8 Å². The number of esters is 1. The van der Waals surface area contributed by atoms with Gasteiger partial charge in [-0.15, -0.1) is 0 Å². The minimum absolute atomic E-state index is 0.0337. The monoisotopic (exact) mass is 622 g/mol. The summed E-state index contributed by atoms with van der Waals surface area (Å²) in [6, 6.07) is 12.7. The molecule has 5 aromatic rings. The Balaban J connectivity index is 1.19. The van der Waals surface area contributed by atoms with E-state index in [2.05, 4.69) is 9.97 Å². The maximum atomic E-state index is 13.1. The summed E-state index contributed by atoms with van der Waals surface area (Å²) in [5.74, 6) is -0.223. The largest absolute Gasteiger partial charge is 0.497 e. The van der Waals surface area contributed by atoms with E-state index in [1.54, 1.807) is 37.2 Å². The van der Waals surface area contributed by atoms with Crippen LogP contribution in [0, 0.1) is 5.92 Å². The lowest BCUT2D eigenvalue weighted by Crippen LogP contribution is -2.42. The molecule has 2 amide bonds. The molecule has 1 fully saturated rings. The van der Waals surface area contributed by atoms with Crippen molar-refractivity contribution in [1.29, 1.82) is 0 Å². The second-order valence-electron chi connectivity index (χ2n) is 11.4. The number of amides is 2. The van der Waals surface area contributed by atoms with Crippen LogP contribution in [0.2, 0.25) is 0 Å². The summed E-state index contributed by atoms with van der Waals surface area (Å²) in [6.07, 6.45) is 1.39. The molecule has 0 bridgehead atoms. The number of urea groups is 1. The molecule has 0 unspecified atom stereocenters. The molecule has 0 spiro atoms. The number of carbonyl (C=O) groups excluding carboxylic acids is 2. The normalized spacial score (nSPS) is 17.7. The van der Waals surface area contributed by atoms with Gasteiger partial charge in [-0.1, -0.05) is 37.6 Å². The highest BCUT2D eigenvalue weighted by Gasteiger charge is 2.38. The third-order valence-corrected chi connectivity index (χ3v) is 8.62. The van der Waals surface area contributed by atoms with E-state index in [0.717, 1.165) is 39.7 Å². The van der Waals surface area contributed by atoms with E-state index in [0.29, 0.717) is 17.8 Å². The average Bonchev–Trinajstić information content (AvgIpc) is 3.77. The fourth-order valence-electron chi connectivity index (χ4n) is 6.09. The number of hydrogen-bond acceptors (Lipinski definition) is 6. The van der Waals surface area contributed by atoms with E-state index < -0.39 is 24.7 Å². The van der Waals surface area contributed by atoms with Crippen molar-refractivity contribution < 1.29 is 32.2 Å². The SMILES string of the molecule is CC[C@@H]1CN(C(=O)NCC(F)(F)F)C[C@@H]1c1cnc2cnc3c(ccn3COC(=O)[C@@H](C)c3ccc4cc(OC)ccc4c3)n12. The van der Waals surface area contributed by atoms with Gasteiger partial charge in [0.2, 0.25) is 0 Å². The maximum Gasteiger partial charge on any atom is 0.405 e. The quantitative estimate of drug-likeness (QED) is 0.218. The van der Waals surface area contributed by atoms with Crippen molar-refractivity contribution in [2.45, 2.75) is 45.0 Å². The van der Waals surface area contributed by atoms with E-state index in [1.165, 1.54) is 4.90 Å². The zero-order valence-electron chi connectivity index (χ0n) is 25.0. The van der Waals surface area contributed by atoms with Crippen molar-refractivity contribution in [3.63, 3.8) is 0 Å². The first-order valence-electron chi connectivity index (χ1n) is 14.7. The molecule has 45 heavy (non-hydrogen) atoms. The fraction of sp³-hybridized carbons (Fsp3) is 0.375. The van der Waals surface area contributed by atoms with Crippen molar-refractivity contribution in [3.05, 3.63) is 72.3 Å². The zero-order chi connectivity index (χ0) is 31.9. The van der Waals surface area contributed by atoms with Gasteiger partial charge in [0, 0.05) is 37.1 Å². The molecule has 13 heteroatoms. The molecule has 6 rings (SSSR count). The zero-order valence-corrected chi connectivity index (χ0v) is 25.0. The number of alkyl halides is 3. The van der Waals surface area contributed by atoms with Crippen LogP contribution in [0.15, 0.2) is 61.1 Å². The first-order chi connectivity index (χ1) is 21.6. The lowest BCUT2D eigenvalue weighted by Gasteiger charge is -2.18. The molecule has 4 heterocycles. The number of benzene rings is 2. The molecule has 1 aliphatic heterocycles. The van der Waals surface area contributed by atoms with Gasteiger partial charge in [-0.2, -0.15) is 13.2 Å². The summed E-state index contributed by atoms with van der Waals surface area (Å²) in [5, 5.41) is 3.98. The van der Waals surface area contributed by atoms with Gasteiger partial charge < -0.3 is 19.7 Å². The standard InChI is InChI=1S/C32H33F3N6O4/c1-4-20-15-40(31(43)38-17-32(33,34)35)16-25(20)27-13-36-28-14-37-29-26(41(27)28)9-10-39(29)18-45-30(42)19(2)21-5-6-23-12-24(44-3)8-7-22(23)11-21/h5-14,19-20,25H,4,15-18H2,1-3H3,(H,38,43)/t19-,20+,25-/m0/s1. The lowest BCUT2D eigenvalue weighted by molar-refractivity contribution is -0.148. The number of hydrogen-bond donors (Lipinski definition) is 1. The number of rotatable bonds is 8. The molecule has 1 N–H and O–H groups in total. The van der Waals surface area contributed by atoms with Crippen LogP contribution in [0.5, 0.6) is 5.75 Å². The highest BCUT2D eigenvalue weighted by atomic mass is 19.4. The van der Waals surface area contributed by atoms with Crippen LogP contribution in [0.25, 0.3) is 27.6 Å². The van der Waals surface area contributed by atoms with E-state index in [4.69, 9.17) is 9.47 Å². The third-order valence-electron chi connectivity index (χ3n) is 8.62. The van der Waals surface area contributed by atoms with Crippen LogP contribution in [-0.2, 0) is 16.3 Å². The number of fused-ring (bicyclic) bond motifs is 4. The topological polar surface area (TPSA) is 103 Å². The lowest BCUT2D eigenvalue weighted by atomic mass is 9.91. The van der Waals surface area contributed by atoms with Crippen molar-refractivity contribution in [2.75, 3.05) is 26.7 Å². The smallest absolute Gasteiger partial charge is 0.405 e. The predicted molar refractivity (Wildman–Crippen MR) is 161 cm³/mol. The number of nitrogens with zero attached hydrogens (tertiary/aromatic N) is 5. The van der Waals surface area contributed by atoms with Crippen LogP contribution in [0.1, 0.15) is 43.4 Å². The minimum Gasteiger partial charge on any atom is -0.497 e. The Morgan fingerprint density at radius 1 is 1.07 bits per heavy atom.